The minimum Gasteiger partial charge on any atom is -0.447 e. The summed E-state index contributed by atoms with van der Waals surface area (Å²) < 4.78 is 19.8. The van der Waals surface area contributed by atoms with E-state index in [-0.39, 0.29) is 11.7 Å². The molecule has 0 saturated carbocycles. The third-order valence-electron chi connectivity index (χ3n) is 4.55. The summed E-state index contributed by atoms with van der Waals surface area (Å²) in [6.07, 6.45) is -0.815. The van der Waals surface area contributed by atoms with Crippen molar-refractivity contribution in [3.8, 4) is 17.1 Å². The third-order valence-corrected chi connectivity index (χ3v) is 5.82. The maximum atomic E-state index is 13.5. The van der Waals surface area contributed by atoms with Gasteiger partial charge in [0.25, 0.3) is 0 Å². The molecule has 0 saturated heterocycles. The van der Waals surface area contributed by atoms with Crippen LogP contribution in [0.4, 0.5) is 10.1 Å². The molecular weight excluding hydrogens is 403 g/mol. The number of rotatable bonds is 4. The number of anilines is 1. The van der Waals surface area contributed by atoms with Crippen LogP contribution >= 0.6 is 11.8 Å². The second kappa shape index (κ2) is 8.39. The molecule has 2 aromatic carbocycles. The molecule has 1 aliphatic rings. The fraction of sp³-hybridized carbons (Fsp3) is 0.273. The number of aromatic nitrogens is 3. The molecule has 1 aromatic heterocycles. The normalized spacial score (nSPS) is 15.2. The lowest BCUT2D eigenvalue weighted by Gasteiger charge is -2.29. The number of hydrogen-bond donors (Lipinski definition) is 0. The maximum Gasteiger partial charge on any atom is 0.247 e. The van der Waals surface area contributed by atoms with E-state index in [2.05, 4.69) is 29.0 Å². The molecular formula is C22H21FN4O2S. The van der Waals surface area contributed by atoms with Crippen LogP contribution in [0.5, 0.6) is 5.88 Å². The molecule has 0 unspecified atom stereocenters. The van der Waals surface area contributed by atoms with Crippen molar-refractivity contribution in [2.75, 3.05) is 10.7 Å². The van der Waals surface area contributed by atoms with E-state index >= 15 is 0 Å². The molecule has 1 atom stereocenters. The van der Waals surface area contributed by atoms with E-state index in [0.29, 0.717) is 39.5 Å². The summed E-state index contributed by atoms with van der Waals surface area (Å²) in [6, 6.07) is 13.3. The minimum atomic E-state index is -0.815. The van der Waals surface area contributed by atoms with Crippen LogP contribution in [0.25, 0.3) is 11.3 Å². The smallest absolute Gasteiger partial charge is 0.247 e. The summed E-state index contributed by atoms with van der Waals surface area (Å²) in [5.41, 5.74) is 2.43. The van der Waals surface area contributed by atoms with Crippen LogP contribution in [0, 0.1) is 11.7 Å². The fourth-order valence-corrected chi connectivity index (χ4v) is 3.93. The molecule has 3 aromatic rings. The largest absolute Gasteiger partial charge is 0.447 e. The Morgan fingerprint density at radius 2 is 1.90 bits per heavy atom. The zero-order chi connectivity index (χ0) is 21.3. The van der Waals surface area contributed by atoms with Crippen molar-refractivity contribution in [2.45, 2.75) is 32.2 Å². The predicted molar refractivity (Wildman–Crippen MR) is 114 cm³/mol. The molecule has 0 bridgehead atoms. The molecule has 6 nitrogen and oxygen atoms in total. The lowest BCUT2D eigenvalue weighted by atomic mass is 10.1. The molecule has 2 heterocycles. The summed E-state index contributed by atoms with van der Waals surface area (Å²) in [6.45, 7) is 5.70. The molecule has 8 heteroatoms. The van der Waals surface area contributed by atoms with Crippen LogP contribution in [-0.2, 0) is 4.79 Å². The van der Waals surface area contributed by atoms with Gasteiger partial charge in [-0.25, -0.2) is 4.39 Å². The van der Waals surface area contributed by atoms with Gasteiger partial charge in [-0.3, -0.25) is 9.69 Å². The molecule has 154 valence electrons. The molecule has 0 spiro atoms. The first-order valence-corrected chi connectivity index (χ1v) is 10.6. The van der Waals surface area contributed by atoms with Crippen molar-refractivity contribution in [1.29, 1.82) is 0 Å². The topological polar surface area (TPSA) is 68.2 Å². The highest BCUT2D eigenvalue weighted by molar-refractivity contribution is 7.99. The zero-order valence-corrected chi connectivity index (χ0v) is 17.7. The van der Waals surface area contributed by atoms with E-state index in [1.165, 1.54) is 35.7 Å². The fourth-order valence-electron chi connectivity index (χ4n) is 3.20. The van der Waals surface area contributed by atoms with E-state index in [9.17, 15) is 9.18 Å². The number of para-hydroxylation sites is 1. The lowest BCUT2D eigenvalue weighted by Crippen LogP contribution is -2.36. The summed E-state index contributed by atoms with van der Waals surface area (Å²) in [7, 11) is 0. The van der Waals surface area contributed by atoms with Crippen LogP contribution in [-0.4, -0.2) is 26.8 Å². The average Bonchev–Trinajstić information content (AvgIpc) is 2.87. The van der Waals surface area contributed by atoms with Crippen LogP contribution in [0.2, 0.25) is 0 Å². The second-order valence-electron chi connectivity index (χ2n) is 7.38. The lowest BCUT2D eigenvalue weighted by molar-refractivity contribution is -0.118. The SMILES string of the molecule is CC(=O)N1c2ccccc2-c2nnc(SCC(C)C)nc2O[C@H]1c1ccc(F)cc1. The average molecular weight is 425 g/mol. The first-order chi connectivity index (χ1) is 14.4. The van der Waals surface area contributed by atoms with Gasteiger partial charge in [0.1, 0.15) is 5.82 Å². The van der Waals surface area contributed by atoms with Gasteiger partial charge in [0, 0.05) is 23.8 Å². The number of amides is 1. The summed E-state index contributed by atoms with van der Waals surface area (Å²) in [5, 5.41) is 9.14. The molecule has 30 heavy (non-hydrogen) atoms. The Kier molecular flexibility index (Phi) is 5.67. The minimum absolute atomic E-state index is 0.216. The molecule has 0 fully saturated rings. The van der Waals surface area contributed by atoms with Crippen molar-refractivity contribution in [1.82, 2.24) is 15.2 Å². The number of nitrogens with zero attached hydrogens (tertiary/aromatic N) is 4. The number of carbonyl (C=O) groups is 1. The molecule has 4 rings (SSSR count). The van der Waals surface area contributed by atoms with Gasteiger partial charge in [0.2, 0.25) is 23.2 Å². The molecule has 1 aliphatic heterocycles. The second-order valence-corrected chi connectivity index (χ2v) is 8.37. The van der Waals surface area contributed by atoms with Gasteiger partial charge in [-0.2, -0.15) is 4.98 Å². The monoisotopic (exact) mass is 424 g/mol. The number of carbonyl (C=O) groups excluding carboxylic acids is 1. The zero-order valence-electron chi connectivity index (χ0n) is 16.9. The van der Waals surface area contributed by atoms with Gasteiger partial charge in [-0.05, 0) is 24.1 Å². The molecule has 1 amide bonds. The van der Waals surface area contributed by atoms with Gasteiger partial charge in [0.15, 0.2) is 5.69 Å². The van der Waals surface area contributed by atoms with E-state index in [1.54, 1.807) is 12.1 Å². The highest BCUT2D eigenvalue weighted by Gasteiger charge is 2.34. The first kappa shape index (κ1) is 20.3. The van der Waals surface area contributed by atoms with Crippen molar-refractivity contribution in [2.24, 2.45) is 5.92 Å². The first-order valence-electron chi connectivity index (χ1n) is 9.63. The van der Waals surface area contributed by atoms with Gasteiger partial charge >= 0.3 is 0 Å². The molecule has 0 radical (unpaired) electrons. The van der Waals surface area contributed by atoms with Crippen LogP contribution < -0.4 is 9.64 Å². The Hall–Kier alpha value is -3.00. The Morgan fingerprint density at radius 1 is 1.17 bits per heavy atom. The van der Waals surface area contributed by atoms with Crippen molar-refractivity contribution >= 4 is 23.4 Å². The molecule has 0 aliphatic carbocycles. The van der Waals surface area contributed by atoms with E-state index < -0.39 is 6.23 Å². The Labute approximate surface area is 178 Å². The van der Waals surface area contributed by atoms with Gasteiger partial charge < -0.3 is 4.74 Å². The van der Waals surface area contributed by atoms with Crippen LogP contribution in [0.1, 0.15) is 32.6 Å². The molecule has 0 N–H and O–H groups in total. The van der Waals surface area contributed by atoms with Crippen LogP contribution in [0.3, 0.4) is 0 Å². The van der Waals surface area contributed by atoms with E-state index in [0.717, 1.165) is 5.75 Å². The van der Waals surface area contributed by atoms with Crippen molar-refractivity contribution in [3.63, 3.8) is 0 Å². The highest BCUT2D eigenvalue weighted by atomic mass is 32.2. The number of fused-ring (bicyclic) bond motifs is 3. The predicted octanol–water partition coefficient (Wildman–Crippen LogP) is 4.87. The number of hydrogen-bond acceptors (Lipinski definition) is 6. The maximum absolute atomic E-state index is 13.5. The standard InChI is InChI=1S/C22H21FN4O2S/c1-13(2)12-30-22-24-20-19(25-26-22)17-6-4-5-7-18(17)27(14(3)28)21(29-20)15-8-10-16(23)11-9-15/h4-11,13,21H,12H2,1-3H3/t21-/m0/s1. The number of ether oxygens (including phenoxy) is 1. The van der Waals surface area contributed by atoms with E-state index in [4.69, 9.17) is 4.74 Å². The summed E-state index contributed by atoms with van der Waals surface area (Å²) >= 11 is 1.50. The van der Waals surface area contributed by atoms with Crippen LogP contribution in [0.15, 0.2) is 53.7 Å². The Morgan fingerprint density at radius 3 is 2.60 bits per heavy atom. The van der Waals surface area contributed by atoms with Gasteiger partial charge in [-0.1, -0.05) is 55.9 Å². The number of thioether (sulfide) groups is 1. The number of benzene rings is 2. The quantitative estimate of drug-likeness (QED) is 0.557. The van der Waals surface area contributed by atoms with Crippen molar-refractivity contribution in [3.05, 3.63) is 59.9 Å². The third kappa shape index (κ3) is 4.00. The summed E-state index contributed by atoms with van der Waals surface area (Å²) in [5.74, 6) is 1.03. The number of halogens is 1. The Balaban J connectivity index is 1.86. The van der Waals surface area contributed by atoms with Crippen molar-refractivity contribution < 1.29 is 13.9 Å². The Bertz CT molecular complexity index is 1070. The highest BCUT2D eigenvalue weighted by Crippen LogP contribution is 2.43. The van der Waals surface area contributed by atoms with E-state index in [1.807, 2.05) is 24.3 Å². The summed E-state index contributed by atoms with van der Waals surface area (Å²) in [4.78, 5) is 18.8. The van der Waals surface area contributed by atoms with Gasteiger partial charge in [0.05, 0.1) is 5.69 Å². The van der Waals surface area contributed by atoms with Gasteiger partial charge in [-0.15, -0.1) is 10.2 Å².